The molecule has 1 saturated carbocycles. The number of aliphatic hydroxyl groups excluding tert-OH is 1. The van der Waals surface area contributed by atoms with Gasteiger partial charge in [0.25, 0.3) is 0 Å². The Morgan fingerprint density at radius 1 is 0.828 bits per heavy atom. The van der Waals surface area contributed by atoms with Crippen molar-refractivity contribution >= 4 is 0 Å². The van der Waals surface area contributed by atoms with E-state index in [4.69, 9.17) is 4.74 Å². The largest absolute Gasteiger partial charge is 0.393 e. The van der Waals surface area contributed by atoms with Crippen molar-refractivity contribution in [3.8, 4) is 0 Å². The molecule has 7 heteroatoms. The smallest absolute Gasteiger partial charge is 0.120 e. The second kappa shape index (κ2) is 8.69. The number of piperidine rings is 1. The molecule has 5 atom stereocenters. The molecule has 3 heterocycles. The van der Waals surface area contributed by atoms with Crippen molar-refractivity contribution in [1.29, 1.82) is 0 Å². The van der Waals surface area contributed by atoms with Gasteiger partial charge in [-0.25, -0.2) is 5.43 Å². The monoisotopic (exact) mass is 409 g/mol. The lowest BCUT2D eigenvalue weighted by atomic mass is 9.71. The summed E-state index contributed by atoms with van der Waals surface area (Å²) in [6.07, 6.45) is 7.55. The Bertz CT molecular complexity index is 527. The summed E-state index contributed by atoms with van der Waals surface area (Å²) in [6, 6.07) is 0.339. The Kier molecular flexibility index (Phi) is 6.57. The molecule has 29 heavy (non-hydrogen) atoms. The number of rotatable bonds is 4. The molecule has 0 bridgehead atoms. The van der Waals surface area contributed by atoms with E-state index < -0.39 is 0 Å². The first-order valence-corrected chi connectivity index (χ1v) is 11.8. The van der Waals surface area contributed by atoms with E-state index in [0.717, 1.165) is 51.6 Å². The van der Waals surface area contributed by atoms with Gasteiger partial charge in [-0.2, -0.15) is 0 Å². The highest BCUT2D eigenvalue weighted by molar-refractivity contribution is 4.98. The molecule has 0 spiro atoms. The van der Waals surface area contributed by atoms with E-state index in [9.17, 15) is 5.11 Å². The van der Waals surface area contributed by atoms with Gasteiger partial charge in [0.15, 0.2) is 0 Å². The molecule has 4 rings (SSSR count). The minimum Gasteiger partial charge on any atom is -0.393 e. The van der Waals surface area contributed by atoms with Crippen LogP contribution in [0.3, 0.4) is 0 Å². The van der Waals surface area contributed by atoms with Crippen LogP contribution < -0.4 is 27.0 Å². The Morgan fingerprint density at radius 2 is 1.52 bits per heavy atom. The van der Waals surface area contributed by atoms with Crippen molar-refractivity contribution in [3.63, 3.8) is 0 Å². The lowest BCUT2D eigenvalue weighted by Crippen LogP contribution is -2.62. The van der Waals surface area contributed by atoms with Crippen LogP contribution in [0, 0.1) is 17.8 Å². The minimum absolute atomic E-state index is 0.0602. The average molecular weight is 410 g/mol. The zero-order valence-electron chi connectivity index (χ0n) is 18.8. The second-order valence-electron chi connectivity index (χ2n) is 11.3. The molecule has 6 N–H and O–H groups in total. The summed E-state index contributed by atoms with van der Waals surface area (Å²) < 4.78 is 6.46. The Balaban J connectivity index is 1.23. The van der Waals surface area contributed by atoms with Gasteiger partial charge < -0.3 is 15.2 Å². The first kappa shape index (κ1) is 21.9. The van der Waals surface area contributed by atoms with Gasteiger partial charge in [-0.1, -0.05) is 0 Å². The topological polar surface area (TPSA) is 89.6 Å². The lowest BCUT2D eigenvalue weighted by molar-refractivity contribution is -0.102. The third-order valence-electron chi connectivity index (χ3n) is 7.63. The van der Waals surface area contributed by atoms with Crippen LogP contribution in [0.15, 0.2) is 0 Å². The van der Waals surface area contributed by atoms with Crippen LogP contribution >= 0.6 is 0 Å². The molecular formula is C22H43N5O2. The third kappa shape index (κ3) is 5.50. The SMILES string of the molecule is CC1(C)CC(OC2CCC(C3CCC(C4CNNC4)CC3O)NN2)CC(C)(C)N1. The predicted octanol–water partition coefficient (Wildman–Crippen LogP) is 1.40. The number of hydrogen-bond acceptors (Lipinski definition) is 7. The van der Waals surface area contributed by atoms with E-state index in [1.54, 1.807) is 0 Å². The van der Waals surface area contributed by atoms with Gasteiger partial charge >= 0.3 is 0 Å². The molecule has 5 unspecified atom stereocenters. The summed E-state index contributed by atoms with van der Waals surface area (Å²) in [7, 11) is 0. The maximum atomic E-state index is 10.8. The van der Waals surface area contributed by atoms with Gasteiger partial charge in [0, 0.05) is 36.1 Å². The summed E-state index contributed by atoms with van der Waals surface area (Å²) in [4.78, 5) is 0. The highest BCUT2D eigenvalue weighted by Crippen LogP contribution is 2.37. The van der Waals surface area contributed by atoms with Crippen molar-refractivity contribution < 1.29 is 9.84 Å². The standard InChI is InChI=1S/C22H43N5O2/c1-21(2)10-16(11-22(3,4)27-21)29-20-8-7-18(25-26-20)17-6-5-14(9-19(17)28)15-12-23-24-13-15/h14-20,23-28H,5-13H2,1-4H3. The quantitative estimate of drug-likeness (QED) is 0.418. The van der Waals surface area contributed by atoms with Gasteiger partial charge in [0.2, 0.25) is 0 Å². The summed E-state index contributed by atoms with van der Waals surface area (Å²) in [5, 5.41) is 14.6. The fraction of sp³-hybridized carbons (Fsp3) is 1.00. The molecule has 3 saturated heterocycles. The fourth-order valence-corrected chi connectivity index (χ4v) is 6.57. The van der Waals surface area contributed by atoms with Crippen molar-refractivity contribution in [3.05, 3.63) is 0 Å². The van der Waals surface area contributed by atoms with E-state index in [-0.39, 0.29) is 29.5 Å². The number of ether oxygens (including phenoxy) is 1. The first-order valence-electron chi connectivity index (χ1n) is 11.8. The third-order valence-corrected chi connectivity index (χ3v) is 7.63. The highest BCUT2D eigenvalue weighted by atomic mass is 16.5. The second-order valence-corrected chi connectivity index (χ2v) is 11.3. The Labute approximate surface area is 176 Å². The number of nitrogens with one attached hydrogen (secondary N) is 5. The van der Waals surface area contributed by atoms with E-state index in [2.05, 4.69) is 54.7 Å². The number of hydrazine groups is 2. The van der Waals surface area contributed by atoms with Gasteiger partial charge in [-0.05, 0) is 84.5 Å². The maximum Gasteiger partial charge on any atom is 0.120 e. The van der Waals surface area contributed by atoms with Crippen molar-refractivity contribution in [2.24, 2.45) is 17.8 Å². The molecule has 4 fully saturated rings. The van der Waals surface area contributed by atoms with Crippen molar-refractivity contribution in [1.82, 2.24) is 27.0 Å². The molecule has 3 aliphatic heterocycles. The van der Waals surface area contributed by atoms with E-state index >= 15 is 0 Å². The van der Waals surface area contributed by atoms with Crippen LogP contribution in [0.1, 0.15) is 72.6 Å². The summed E-state index contributed by atoms with van der Waals surface area (Å²) in [5.41, 5.74) is 13.6. The van der Waals surface area contributed by atoms with Crippen LogP contribution in [0.5, 0.6) is 0 Å². The summed E-state index contributed by atoms with van der Waals surface area (Å²) >= 11 is 0. The zero-order chi connectivity index (χ0) is 20.6. The number of aliphatic hydroxyl groups is 1. The summed E-state index contributed by atoms with van der Waals surface area (Å²) in [5.74, 6) is 1.65. The predicted molar refractivity (Wildman–Crippen MR) is 115 cm³/mol. The molecule has 0 aromatic carbocycles. The van der Waals surface area contributed by atoms with Gasteiger partial charge in [-0.15, -0.1) is 0 Å². The molecule has 0 aromatic heterocycles. The average Bonchev–Trinajstić information content (AvgIpc) is 3.14. The van der Waals surface area contributed by atoms with Crippen LogP contribution in [0.4, 0.5) is 0 Å². The maximum absolute atomic E-state index is 10.8. The van der Waals surface area contributed by atoms with Crippen LogP contribution in [0.2, 0.25) is 0 Å². The molecule has 1 aliphatic carbocycles. The van der Waals surface area contributed by atoms with E-state index in [1.165, 1.54) is 6.42 Å². The van der Waals surface area contributed by atoms with Crippen LogP contribution in [-0.2, 0) is 4.74 Å². The first-order chi connectivity index (χ1) is 13.7. The summed E-state index contributed by atoms with van der Waals surface area (Å²) in [6.45, 7) is 11.1. The Morgan fingerprint density at radius 3 is 2.10 bits per heavy atom. The van der Waals surface area contributed by atoms with Crippen LogP contribution in [0.25, 0.3) is 0 Å². The fourth-order valence-electron chi connectivity index (χ4n) is 6.57. The minimum atomic E-state index is -0.197. The number of hydrogen-bond donors (Lipinski definition) is 6. The molecule has 0 radical (unpaired) electrons. The van der Waals surface area contributed by atoms with E-state index in [1.807, 2.05) is 0 Å². The molecule has 168 valence electrons. The molecule has 0 aromatic rings. The highest BCUT2D eigenvalue weighted by Gasteiger charge is 2.41. The zero-order valence-corrected chi connectivity index (χ0v) is 18.8. The van der Waals surface area contributed by atoms with Gasteiger partial charge in [0.1, 0.15) is 6.23 Å². The molecule has 4 aliphatic rings. The van der Waals surface area contributed by atoms with Crippen LogP contribution in [-0.4, -0.2) is 53.8 Å². The van der Waals surface area contributed by atoms with Gasteiger partial charge in [0.05, 0.1) is 12.2 Å². The van der Waals surface area contributed by atoms with Crippen molar-refractivity contribution in [2.45, 2.75) is 108 Å². The van der Waals surface area contributed by atoms with E-state index in [0.29, 0.717) is 23.8 Å². The van der Waals surface area contributed by atoms with Crippen molar-refractivity contribution in [2.75, 3.05) is 13.1 Å². The molecular weight excluding hydrogens is 366 g/mol. The normalized spacial score (nSPS) is 41.5. The molecule has 0 amide bonds. The molecule has 7 nitrogen and oxygen atoms in total. The van der Waals surface area contributed by atoms with Gasteiger partial charge in [-0.3, -0.25) is 16.3 Å². The lowest BCUT2D eigenvalue weighted by Gasteiger charge is -2.48. The Hall–Kier alpha value is -0.280.